The van der Waals surface area contributed by atoms with Gasteiger partial charge >= 0.3 is 0 Å². The first-order valence-electron chi connectivity index (χ1n) is 7.38. The van der Waals surface area contributed by atoms with Crippen molar-refractivity contribution in [3.63, 3.8) is 0 Å². The van der Waals surface area contributed by atoms with Crippen molar-refractivity contribution in [2.24, 2.45) is 17.8 Å². The number of fused-ring (bicyclic) bond motifs is 2. The molecule has 1 aliphatic carbocycles. The zero-order chi connectivity index (χ0) is 14.6. The Labute approximate surface area is 123 Å². The van der Waals surface area contributed by atoms with Crippen molar-refractivity contribution in [2.75, 3.05) is 13.1 Å². The molecule has 2 aromatic heterocycles. The molecular weight excluding hydrogens is 266 g/mol. The molecule has 21 heavy (non-hydrogen) atoms. The SMILES string of the molecule is CC(C)(NC(=O)C1C2CNCC21)c1ncc2ccncn12. The number of amides is 1. The zero-order valence-electron chi connectivity index (χ0n) is 12.2. The highest BCUT2D eigenvalue weighted by molar-refractivity contribution is 5.83. The summed E-state index contributed by atoms with van der Waals surface area (Å²) in [5.74, 6) is 2.19. The molecule has 0 spiro atoms. The maximum Gasteiger partial charge on any atom is 0.224 e. The second kappa shape index (κ2) is 4.27. The quantitative estimate of drug-likeness (QED) is 0.864. The van der Waals surface area contributed by atoms with E-state index in [1.165, 1.54) is 0 Å². The summed E-state index contributed by atoms with van der Waals surface area (Å²) in [6.45, 7) is 5.92. The third-order valence-corrected chi connectivity index (χ3v) is 4.73. The van der Waals surface area contributed by atoms with E-state index >= 15 is 0 Å². The Bertz CT molecular complexity index is 697. The average Bonchev–Trinajstić information content (AvgIpc) is 2.82. The Morgan fingerprint density at radius 2 is 2.19 bits per heavy atom. The van der Waals surface area contributed by atoms with Crippen LogP contribution in [0.5, 0.6) is 0 Å². The van der Waals surface area contributed by atoms with Gasteiger partial charge in [0.15, 0.2) is 0 Å². The molecule has 1 saturated heterocycles. The van der Waals surface area contributed by atoms with Gasteiger partial charge in [0.25, 0.3) is 0 Å². The Balaban J connectivity index is 1.57. The van der Waals surface area contributed by atoms with Crippen molar-refractivity contribution >= 4 is 11.4 Å². The molecule has 2 N–H and O–H groups in total. The van der Waals surface area contributed by atoms with E-state index in [2.05, 4.69) is 20.6 Å². The van der Waals surface area contributed by atoms with Crippen LogP contribution in [0.1, 0.15) is 19.7 Å². The van der Waals surface area contributed by atoms with E-state index in [9.17, 15) is 4.79 Å². The number of hydrogen-bond acceptors (Lipinski definition) is 4. The van der Waals surface area contributed by atoms with Crippen molar-refractivity contribution in [3.8, 4) is 0 Å². The van der Waals surface area contributed by atoms with E-state index in [4.69, 9.17) is 0 Å². The van der Waals surface area contributed by atoms with Crippen LogP contribution in [-0.2, 0) is 10.3 Å². The molecule has 3 heterocycles. The van der Waals surface area contributed by atoms with Crippen molar-refractivity contribution in [1.82, 2.24) is 25.0 Å². The molecule has 2 aliphatic rings. The third kappa shape index (κ3) is 1.93. The summed E-state index contributed by atoms with van der Waals surface area (Å²) in [6, 6.07) is 1.91. The smallest absolute Gasteiger partial charge is 0.224 e. The second-order valence-electron chi connectivity index (χ2n) is 6.58. The van der Waals surface area contributed by atoms with Crippen LogP contribution in [-0.4, -0.2) is 33.4 Å². The van der Waals surface area contributed by atoms with Gasteiger partial charge < -0.3 is 10.6 Å². The van der Waals surface area contributed by atoms with Gasteiger partial charge in [-0.3, -0.25) is 9.20 Å². The molecule has 2 aromatic rings. The van der Waals surface area contributed by atoms with Crippen LogP contribution in [0.2, 0.25) is 0 Å². The molecule has 2 fully saturated rings. The van der Waals surface area contributed by atoms with Gasteiger partial charge in [0, 0.05) is 12.1 Å². The van der Waals surface area contributed by atoms with Gasteiger partial charge in [0.2, 0.25) is 5.91 Å². The fraction of sp³-hybridized carbons (Fsp3) is 0.533. The van der Waals surface area contributed by atoms with Gasteiger partial charge in [0.05, 0.1) is 17.3 Å². The maximum absolute atomic E-state index is 12.5. The van der Waals surface area contributed by atoms with Crippen LogP contribution >= 0.6 is 0 Å². The summed E-state index contributed by atoms with van der Waals surface area (Å²) in [5.41, 5.74) is 0.464. The summed E-state index contributed by atoms with van der Waals surface area (Å²) >= 11 is 0. The molecule has 0 radical (unpaired) electrons. The number of rotatable bonds is 3. The minimum atomic E-state index is -0.517. The van der Waals surface area contributed by atoms with Gasteiger partial charge in [0.1, 0.15) is 12.2 Å². The largest absolute Gasteiger partial charge is 0.344 e. The lowest BCUT2D eigenvalue weighted by Crippen LogP contribution is -2.44. The zero-order valence-corrected chi connectivity index (χ0v) is 12.2. The molecule has 110 valence electrons. The number of carbonyl (C=O) groups excluding carboxylic acids is 1. The predicted octanol–water partition coefficient (Wildman–Crippen LogP) is 0.546. The highest BCUT2D eigenvalue weighted by Crippen LogP contribution is 2.49. The first kappa shape index (κ1) is 12.8. The van der Waals surface area contributed by atoms with E-state index in [0.29, 0.717) is 11.8 Å². The van der Waals surface area contributed by atoms with Gasteiger partial charge in [-0.1, -0.05) is 0 Å². The van der Waals surface area contributed by atoms with Gasteiger partial charge in [-0.25, -0.2) is 9.97 Å². The first-order valence-corrected chi connectivity index (χ1v) is 7.38. The number of aromatic nitrogens is 3. The molecular formula is C15H19N5O. The summed E-state index contributed by atoms with van der Waals surface area (Å²) < 4.78 is 1.93. The van der Waals surface area contributed by atoms with E-state index in [1.807, 2.05) is 24.3 Å². The lowest BCUT2D eigenvalue weighted by atomic mass is 10.0. The van der Waals surface area contributed by atoms with Gasteiger partial charge in [-0.05, 0) is 44.8 Å². The number of imidazole rings is 1. The molecule has 4 rings (SSSR count). The summed E-state index contributed by atoms with van der Waals surface area (Å²) in [6.07, 6.45) is 5.28. The number of nitrogens with zero attached hydrogens (tertiary/aromatic N) is 3. The van der Waals surface area contributed by atoms with E-state index in [1.54, 1.807) is 18.7 Å². The Morgan fingerprint density at radius 1 is 1.43 bits per heavy atom. The Kier molecular flexibility index (Phi) is 2.60. The standard InChI is InChI=1S/C15H19N5O/c1-15(2,14-18-5-9-3-4-16-8-20(9)14)19-13(21)12-10-6-17-7-11(10)12/h3-5,8,10-12,17H,6-7H2,1-2H3,(H,19,21). The van der Waals surface area contributed by atoms with E-state index in [-0.39, 0.29) is 11.8 Å². The third-order valence-electron chi connectivity index (χ3n) is 4.73. The van der Waals surface area contributed by atoms with Gasteiger partial charge in [-0.2, -0.15) is 0 Å². The van der Waals surface area contributed by atoms with Crippen LogP contribution < -0.4 is 10.6 Å². The van der Waals surface area contributed by atoms with Crippen LogP contribution in [0, 0.1) is 17.8 Å². The molecule has 1 saturated carbocycles. The summed E-state index contributed by atoms with van der Waals surface area (Å²) in [4.78, 5) is 21.1. The minimum Gasteiger partial charge on any atom is -0.344 e. The molecule has 0 bridgehead atoms. The first-order chi connectivity index (χ1) is 10.1. The van der Waals surface area contributed by atoms with Crippen LogP contribution in [0.3, 0.4) is 0 Å². The van der Waals surface area contributed by atoms with Crippen molar-refractivity contribution < 1.29 is 4.79 Å². The molecule has 1 amide bonds. The van der Waals surface area contributed by atoms with Crippen molar-refractivity contribution in [1.29, 1.82) is 0 Å². The minimum absolute atomic E-state index is 0.150. The molecule has 6 nitrogen and oxygen atoms in total. The van der Waals surface area contributed by atoms with Gasteiger partial charge in [-0.15, -0.1) is 0 Å². The highest BCUT2D eigenvalue weighted by Gasteiger charge is 2.57. The number of nitrogens with one attached hydrogen (secondary N) is 2. The highest BCUT2D eigenvalue weighted by atomic mass is 16.2. The maximum atomic E-state index is 12.5. The molecule has 0 aromatic carbocycles. The average molecular weight is 285 g/mol. The molecule has 2 atom stereocenters. The topological polar surface area (TPSA) is 71.3 Å². The summed E-state index contributed by atoms with van der Waals surface area (Å²) in [5, 5.41) is 6.48. The number of piperidine rings is 1. The van der Waals surface area contributed by atoms with Crippen LogP contribution in [0.4, 0.5) is 0 Å². The monoisotopic (exact) mass is 285 g/mol. The van der Waals surface area contributed by atoms with E-state index in [0.717, 1.165) is 24.4 Å². The van der Waals surface area contributed by atoms with Crippen LogP contribution in [0.25, 0.3) is 5.52 Å². The summed E-state index contributed by atoms with van der Waals surface area (Å²) in [7, 11) is 0. The molecule has 6 heteroatoms. The fourth-order valence-corrected chi connectivity index (χ4v) is 3.56. The molecule has 2 unspecified atom stereocenters. The van der Waals surface area contributed by atoms with Crippen molar-refractivity contribution in [3.05, 3.63) is 30.6 Å². The normalized spacial score (nSPS) is 27.6. The number of hydrogen-bond donors (Lipinski definition) is 2. The Hall–Kier alpha value is -1.95. The fourth-order valence-electron chi connectivity index (χ4n) is 3.56. The van der Waals surface area contributed by atoms with Crippen molar-refractivity contribution in [2.45, 2.75) is 19.4 Å². The lowest BCUT2D eigenvalue weighted by Gasteiger charge is -2.25. The Morgan fingerprint density at radius 3 is 2.95 bits per heavy atom. The number of carbonyl (C=O) groups is 1. The lowest BCUT2D eigenvalue weighted by molar-refractivity contribution is -0.124. The van der Waals surface area contributed by atoms with E-state index < -0.39 is 5.54 Å². The molecule has 1 aliphatic heterocycles. The second-order valence-corrected chi connectivity index (χ2v) is 6.58. The predicted molar refractivity (Wildman–Crippen MR) is 77.5 cm³/mol. The van der Waals surface area contributed by atoms with Crippen LogP contribution in [0.15, 0.2) is 24.8 Å².